The monoisotopic (exact) mass is 221 g/mol. The average Bonchev–Trinajstić information content (AvgIpc) is 2.28. The summed E-state index contributed by atoms with van der Waals surface area (Å²) in [5.74, 6) is 0.574. The first-order valence-corrected chi connectivity index (χ1v) is 6.20. The van der Waals surface area contributed by atoms with Crippen molar-refractivity contribution in [3.8, 4) is 0 Å². The molecule has 1 aliphatic rings. The van der Waals surface area contributed by atoms with Crippen LogP contribution in [-0.4, -0.2) is 6.04 Å². The first-order valence-electron chi connectivity index (χ1n) is 6.20. The number of hydrogen-bond acceptors (Lipinski definition) is 1. The summed E-state index contributed by atoms with van der Waals surface area (Å²) in [7, 11) is 0. The van der Waals surface area contributed by atoms with Gasteiger partial charge in [0, 0.05) is 17.3 Å². The van der Waals surface area contributed by atoms with Gasteiger partial charge in [-0.15, -0.1) is 0 Å². The summed E-state index contributed by atoms with van der Waals surface area (Å²) in [6, 6.07) is 5.78. The molecule has 16 heavy (non-hydrogen) atoms. The van der Waals surface area contributed by atoms with Gasteiger partial charge in [-0.1, -0.05) is 25.8 Å². The number of benzene rings is 1. The van der Waals surface area contributed by atoms with Crippen molar-refractivity contribution in [2.75, 3.05) is 5.32 Å². The highest BCUT2D eigenvalue weighted by molar-refractivity contribution is 5.51. The van der Waals surface area contributed by atoms with Gasteiger partial charge < -0.3 is 5.32 Å². The molecule has 2 rings (SSSR count). The van der Waals surface area contributed by atoms with Gasteiger partial charge in [0.15, 0.2) is 0 Å². The topological polar surface area (TPSA) is 12.0 Å². The standard InChI is InChI=1S/C14H20FN/c1-10-6-3-4-8-13(10)16-14-9-5-7-12(15)11(14)2/h5,7,9-10,13,16H,3-4,6,8H2,1-2H3. The van der Waals surface area contributed by atoms with Crippen LogP contribution in [0.25, 0.3) is 0 Å². The van der Waals surface area contributed by atoms with Crippen LogP contribution in [0.15, 0.2) is 18.2 Å². The number of hydrogen-bond donors (Lipinski definition) is 1. The van der Waals surface area contributed by atoms with E-state index in [0.29, 0.717) is 12.0 Å². The van der Waals surface area contributed by atoms with Gasteiger partial charge in [0.05, 0.1) is 0 Å². The van der Waals surface area contributed by atoms with Crippen LogP contribution in [0, 0.1) is 18.7 Å². The maximum absolute atomic E-state index is 13.4. The Morgan fingerprint density at radius 2 is 2.00 bits per heavy atom. The van der Waals surface area contributed by atoms with E-state index in [0.717, 1.165) is 11.3 Å². The van der Waals surface area contributed by atoms with E-state index in [1.165, 1.54) is 31.7 Å². The number of halogens is 1. The molecule has 1 N–H and O–H groups in total. The Balaban J connectivity index is 2.10. The summed E-state index contributed by atoms with van der Waals surface area (Å²) >= 11 is 0. The van der Waals surface area contributed by atoms with E-state index in [1.807, 2.05) is 13.0 Å². The van der Waals surface area contributed by atoms with E-state index in [-0.39, 0.29) is 5.82 Å². The fourth-order valence-electron chi connectivity index (χ4n) is 2.49. The van der Waals surface area contributed by atoms with Gasteiger partial charge in [0.2, 0.25) is 0 Å². The third-order valence-corrected chi connectivity index (χ3v) is 3.72. The minimum atomic E-state index is -0.117. The lowest BCUT2D eigenvalue weighted by atomic mass is 9.85. The molecule has 1 aromatic rings. The number of anilines is 1. The molecule has 1 aromatic carbocycles. The van der Waals surface area contributed by atoms with Crippen molar-refractivity contribution >= 4 is 5.69 Å². The predicted octanol–water partition coefficient (Wildman–Crippen LogP) is 4.12. The second kappa shape index (κ2) is 4.86. The summed E-state index contributed by atoms with van der Waals surface area (Å²) in [5, 5.41) is 3.50. The second-order valence-electron chi connectivity index (χ2n) is 4.92. The lowest BCUT2D eigenvalue weighted by Crippen LogP contribution is -2.30. The van der Waals surface area contributed by atoms with Crippen LogP contribution in [0.4, 0.5) is 10.1 Å². The van der Waals surface area contributed by atoms with Gasteiger partial charge in [-0.3, -0.25) is 0 Å². The van der Waals surface area contributed by atoms with E-state index < -0.39 is 0 Å². The molecule has 0 radical (unpaired) electrons. The van der Waals surface area contributed by atoms with Gasteiger partial charge in [0.1, 0.15) is 5.82 Å². The van der Waals surface area contributed by atoms with Crippen LogP contribution in [0.5, 0.6) is 0 Å². The number of rotatable bonds is 2. The molecule has 0 aromatic heterocycles. The Morgan fingerprint density at radius 3 is 2.75 bits per heavy atom. The maximum Gasteiger partial charge on any atom is 0.128 e. The van der Waals surface area contributed by atoms with Crippen LogP contribution in [-0.2, 0) is 0 Å². The second-order valence-corrected chi connectivity index (χ2v) is 4.92. The number of nitrogens with one attached hydrogen (secondary N) is 1. The fraction of sp³-hybridized carbons (Fsp3) is 0.571. The van der Waals surface area contributed by atoms with Gasteiger partial charge in [-0.05, 0) is 37.8 Å². The highest BCUT2D eigenvalue weighted by atomic mass is 19.1. The molecular weight excluding hydrogens is 201 g/mol. The van der Waals surface area contributed by atoms with Crippen LogP contribution in [0.3, 0.4) is 0 Å². The lowest BCUT2D eigenvalue weighted by Gasteiger charge is -2.31. The Hall–Kier alpha value is -1.05. The molecule has 0 spiro atoms. The molecule has 0 bridgehead atoms. The van der Waals surface area contributed by atoms with Crippen LogP contribution in [0.2, 0.25) is 0 Å². The third kappa shape index (κ3) is 2.37. The van der Waals surface area contributed by atoms with E-state index in [4.69, 9.17) is 0 Å². The van der Waals surface area contributed by atoms with Gasteiger partial charge in [-0.25, -0.2) is 4.39 Å². The highest BCUT2D eigenvalue weighted by Crippen LogP contribution is 2.28. The molecule has 2 atom stereocenters. The molecule has 1 saturated carbocycles. The lowest BCUT2D eigenvalue weighted by molar-refractivity contribution is 0.349. The van der Waals surface area contributed by atoms with Crippen molar-refractivity contribution in [1.82, 2.24) is 0 Å². The van der Waals surface area contributed by atoms with Gasteiger partial charge >= 0.3 is 0 Å². The first-order chi connectivity index (χ1) is 7.68. The van der Waals surface area contributed by atoms with Crippen molar-refractivity contribution in [2.24, 2.45) is 5.92 Å². The summed E-state index contributed by atoms with van der Waals surface area (Å²) in [5.41, 5.74) is 1.69. The highest BCUT2D eigenvalue weighted by Gasteiger charge is 2.21. The average molecular weight is 221 g/mol. The van der Waals surface area contributed by atoms with Crippen LogP contribution >= 0.6 is 0 Å². The summed E-state index contributed by atoms with van der Waals surface area (Å²) in [6.07, 6.45) is 5.11. The summed E-state index contributed by atoms with van der Waals surface area (Å²) in [4.78, 5) is 0. The molecule has 1 aliphatic carbocycles. The van der Waals surface area contributed by atoms with E-state index in [1.54, 1.807) is 6.07 Å². The van der Waals surface area contributed by atoms with Crippen molar-refractivity contribution in [1.29, 1.82) is 0 Å². The Labute approximate surface area is 97.1 Å². The van der Waals surface area contributed by atoms with Gasteiger partial charge in [-0.2, -0.15) is 0 Å². The van der Waals surface area contributed by atoms with Crippen LogP contribution in [0.1, 0.15) is 38.2 Å². The maximum atomic E-state index is 13.4. The zero-order chi connectivity index (χ0) is 11.5. The van der Waals surface area contributed by atoms with Crippen molar-refractivity contribution in [3.63, 3.8) is 0 Å². The molecule has 0 heterocycles. The smallest absolute Gasteiger partial charge is 0.128 e. The predicted molar refractivity (Wildman–Crippen MR) is 66.2 cm³/mol. The SMILES string of the molecule is Cc1c(F)cccc1NC1CCCCC1C. The van der Waals surface area contributed by atoms with E-state index in [9.17, 15) is 4.39 Å². The zero-order valence-corrected chi connectivity index (χ0v) is 10.1. The molecular formula is C14H20FN. The normalized spacial score (nSPS) is 25.4. The first kappa shape index (κ1) is 11.4. The Kier molecular flexibility index (Phi) is 3.47. The van der Waals surface area contributed by atoms with E-state index >= 15 is 0 Å². The molecule has 88 valence electrons. The van der Waals surface area contributed by atoms with Crippen molar-refractivity contribution < 1.29 is 4.39 Å². The molecule has 2 unspecified atom stereocenters. The molecule has 1 fully saturated rings. The Bertz CT molecular complexity index is 362. The molecule has 0 amide bonds. The van der Waals surface area contributed by atoms with E-state index in [2.05, 4.69) is 12.2 Å². The fourth-order valence-corrected chi connectivity index (χ4v) is 2.49. The molecule has 0 saturated heterocycles. The largest absolute Gasteiger partial charge is 0.382 e. The molecule has 1 nitrogen and oxygen atoms in total. The zero-order valence-electron chi connectivity index (χ0n) is 10.1. The third-order valence-electron chi connectivity index (χ3n) is 3.72. The van der Waals surface area contributed by atoms with Crippen molar-refractivity contribution in [2.45, 2.75) is 45.6 Å². The quantitative estimate of drug-likeness (QED) is 0.792. The Morgan fingerprint density at radius 1 is 1.25 bits per heavy atom. The minimum Gasteiger partial charge on any atom is -0.382 e. The summed E-state index contributed by atoms with van der Waals surface area (Å²) in [6.45, 7) is 4.12. The minimum absolute atomic E-state index is 0.117. The van der Waals surface area contributed by atoms with Crippen molar-refractivity contribution in [3.05, 3.63) is 29.6 Å². The van der Waals surface area contributed by atoms with Crippen LogP contribution < -0.4 is 5.32 Å². The molecule has 0 aliphatic heterocycles. The molecule has 2 heteroatoms. The summed E-state index contributed by atoms with van der Waals surface area (Å²) < 4.78 is 13.4. The van der Waals surface area contributed by atoms with Gasteiger partial charge in [0.25, 0.3) is 0 Å².